The summed E-state index contributed by atoms with van der Waals surface area (Å²) in [7, 11) is 3.40. The van der Waals surface area contributed by atoms with E-state index in [1.54, 1.807) is 55.5 Å². The van der Waals surface area contributed by atoms with Gasteiger partial charge in [-0.1, -0.05) is 6.92 Å². The second-order valence-corrected chi connectivity index (χ2v) is 8.79. The van der Waals surface area contributed by atoms with Crippen LogP contribution >= 0.6 is 0 Å². The van der Waals surface area contributed by atoms with Crippen molar-refractivity contribution < 1.29 is 28.5 Å². The first kappa shape index (κ1) is 23.8. The molecule has 2 aliphatic heterocycles. The van der Waals surface area contributed by atoms with Gasteiger partial charge in [-0.3, -0.25) is 9.59 Å². The van der Waals surface area contributed by atoms with Crippen LogP contribution in [-0.4, -0.2) is 69.5 Å². The summed E-state index contributed by atoms with van der Waals surface area (Å²) >= 11 is 0. The number of ether oxygens (including phenoxy) is 4. The van der Waals surface area contributed by atoms with Crippen molar-refractivity contribution in [1.82, 2.24) is 10.2 Å². The molecule has 0 bridgehead atoms. The zero-order valence-electron chi connectivity index (χ0n) is 19.9. The standard InChI is InChI=1S/C25H31N3O6/c1-15-11-26-16(2)13-32-20-8-6-18(10-19(20)25(30)28(3)12-23(15)31-4)27-24(29)17-5-7-21-22(9-17)34-14-33-21/h5-10,15-16,23,26H,11-14H2,1-4H3,(H,27,29)/t15-,16+,23-/m0/s1. The van der Waals surface area contributed by atoms with E-state index < -0.39 is 0 Å². The summed E-state index contributed by atoms with van der Waals surface area (Å²) < 4.78 is 22.3. The minimum Gasteiger partial charge on any atom is -0.491 e. The van der Waals surface area contributed by atoms with Crippen LogP contribution in [0.1, 0.15) is 34.6 Å². The van der Waals surface area contributed by atoms with Gasteiger partial charge in [0.25, 0.3) is 11.8 Å². The number of benzene rings is 2. The zero-order valence-corrected chi connectivity index (χ0v) is 19.9. The van der Waals surface area contributed by atoms with E-state index in [0.717, 1.165) is 6.54 Å². The van der Waals surface area contributed by atoms with Crippen LogP contribution < -0.4 is 24.8 Å². The lowest BCUT2D eigenvalue weighted by Gasteiger charge is -2.30. The summed E-state index contributed by atoms with van der Waals surface area (Å²) in [6, 6.07) is 10.2. The highest BCUT2D eigenvalue weighted by molar-refractivity contribution is 6.06. The Morgan fingerprint density at radius 1 is 1.09 bits per heavy atom. The number of amides is 2. The molecule has 182 valence electrons. The van der Waals surface area contributed by atoms with E-state index in [1.807, 2.05) is 6.92 Å². The third kappa shape index (κ3) is 5.26. The summed E-state index contributed by atoms with van der Waals surface area (Å²) in [5, 5.41) is 6.32. The lowest BCUT2D eigenvalue weighted by Crippen LogP contribution is -2.44. The van der Waals surface area contributed by atoms with Crippen LogP contribution in [0.5, 0.6) is 17.2 Å². The van der Waals surface area contributed by atoms with Crippen LogP contribution in [0.15, 0.2) is 36.4 Å². The average molecular weight is 470 g/mol. The number of likely N-dealkylation sites (N-methyl/N-ethyl adjacent to an activating group) is 1. The van der Waals surface area contributed by atoms with Crippen molar-refractivity contribution in [3.05, 3.63) is 47.5 Å². The highest BCUT2D eigenvalue weighted by atomic mass is 16.7. The maximum atomic E-state index is 13.4. The lowest BCUT2D eigenvalue weighted by molar-refractivity contribution is 0.0281. The molecule has 2 aromatic rings. The molecule has 0 aromatic heterocycles. The number of hydrogen-bond acceptors (Lipinski definition) is 7. The maximum absolute atomic E-state index is 13.4. The first-order valence-electron chi connectivity index (χ1n) is 11.3. The summed E-state index contributed by atoms with van der Waals surface area (Å²) in [5.74, 6) is 1.28. The van der Waals surface area contributed by atoms with E-state index in [1.165, 1.54) is 0 Å². The molecule has 3 atom stereocenters. The van der Waals surface area contributed by atoms with Gasteiger partial charge >= 0.3 is 0 Å². The van der Waals surface area contributed by atoms with Crippen molar-refractivity contribution in [2.75, 3.05) is 46.0 Å². The van der Waals surface area contributed by atoms with Gasteiger partial charge in [0, 0.05) is 44.5 Å². The van der Waals surface area contributed by atoms with Crippen molar-refractivity contribution >= 4 is 17.5 Å². The number of hydrogen-bond donors (Lipinski definition) is 2. The highest BCUT2D eigenvalue weighted by Gasteiger charge is 2.26. The van der Waals surface area contributed by atoms with Crippen molar-refractivity contribution in [3.63, 3.8) is 0 Å². The topological polar surface area (TPSA) is 98.4 Å². The smallest absolute Gasteiger partial charge is 0.257 e. The lowest BCUT2D eigenvalue weighted by atomic mass is 10.0. The summed E-state index contributed by atoms with van der Waals surface area (Å²) in [6.45, 7) is 5.85. The van der Waals surface area contributed by atoms with Crippen LogP contribution in [0, 0.1) is 5.92 Å². The van der Waals surface area contributed by atoms with Gasteiger partial charge in [0.05, 0.1) is 11.7 Å². The molecule has 2 heterocycles. The van der Waals surface area contributed by atoms with Crippen LogP contribution in [0.25, 0.3) is 0 Å². The number of nitrogens with zero attached hydrogens (tertiary/aromatic N) is 1. The third-order valence-corrected chi connectivity index (χ3v) is 6.12. The second-order valence-electron chi connectivity index (χ2n) is 8.79. The van der Waals surface area contributed by atoms with Gasteiger partial charge in [-0.15, -0.1) is 0 Å². The maximum Gasteiger partial charge on any atom is 0.257 e. The molecule has 9 nitrogen and oxygen atoms in total. The minimum absolute atomic E-state index is 0.0884. The predicted octanol–water partition coefficient (Wildman–Crippen LogP) is 2.76. The number of anilines is 1. The largest absolute Gasteiger partial charge is 0.491 e. The fraction of sp³-hybridized carbons (Fsp3) is 0.440. The van der Waals surface area contributed by atoms with Crippen molar-refractivity contribution in [1.29, 1.82) is 0 Å². The Kier molecular flexibility index (Phi) is 7.23. The monoisotopic (exact) mass is 469 g/mol. The summed E-state index contributed by atoms with van der Waals surface area (Å²) in [6.07, 6.45) is -0.119. The molecule has 2 amide bonds. The van der Waals surface area contributed by atoms with E-state index in [-0.39, 0.29) is 36.7 Å². The molecule has 2 N–H and O–H groups in total. The Hall–Kier alpha value is -3.30. The third-order valence-electron chi connectivity index (χ3n) is 6.12. The molecule has 4 rings (SSSR count). The number of methoxy groups -OCH3 is 1. The number of nitrogens with one attached hydrogen (secondary N) is 2. The molecule has 0 fully saturated rings. The van der Waals surface area contributed by atoms with Gasteiger partial charge in [0.1, 0.15) is 12.4 Å². The first-order valence-corrected chi connectivity index (χ1v) is 11.3. The van der Waals surface area contributed by atoms with E-state index in [2.05, 4.69) is 17.6 Å². The SMILES string of the molecule is CO[C@H]1CN(C)C(=O)c2cc(NC(=O)c3ccc4c(c3)OCO4)ccc2OC[C@@H](C)NC[C@@H]1C. The van der Waals surface area contributed by atoms with Crippen molar-refractivity contribution in [2.45, 2.75) is 26.0 Å². The fourth-order valence-corrected chi connectivity index (χ4v) is 3.98. The quantitative estimate of drug-likeness (QED) is 0.713. The number of carbonyl (C=O) groups is 2. The Labute approximate surface area is 199 Å². The molecule has 2 aliphatic rings. The second kappa shape index (κ2) is 10.3. The van der Waals surface area contributed by atoms with Crippen molar-refractivity contribution in [3.8, 4) is 17.2 Å². The molecule has 0 radical (unpaired) electrons. The minimum atomic E-state index is -0.320. The van der Waals surface area contributed by atoms with Gasteiger partial charge in [0.15, 0.2) is 11.5 Å². The summed E-state index contributed by atoms with van der Waals surface area (Å²) in [4.78, 5) is 27.8. The molecule has 0 aliphatic carbocycles. The molecule has 0 saturated heterocycles. The Bertz CT molecular complexity index is 1060. The molecule has 0 spiro atoms. The number of rotatable bonds is 3. The predicted molar refractivity (Wildman–Crippen MR) is 127 cm³/mol. The zero-order chi connectivity index (χ0) is 24.2. The van der Waals surface area contributed by atoms with E-state index >= 15 is 0 Å². The molecular formula is C25H31N3O6. The van der Waals surface area contributed by atoms with Gasteiger partial charge < -0.3 is 34.5 Å². The van der Waals surface area contributed by atoms with Gasteiger partial charge in [-0.25, -0.2) is 0 Å². The Morgan fingerprint density at radius 2 is 1.85 bits per heavy atom. The first-order chi connectivity index (χ1) is 16.4. The van der Waals surface area contributed by atoms with E-state index in [4.69, 9.17) is 18.9 Å². The van der Waals surface area contributed by atoms with Crippen LogP contribution in [0.3, 0.4) is 0 Å². The highest BCUT2D eigenvalue weighted by Crippen LogP contribution is 2.33. The molecule has 9 heteroatoms. The van der Waals surface area contributed by atoms with Gasteiger partial charge in [0.2, 0.25) is 6.79 Å². The average Bonchev–Trinajstić information content (AvgIpc) is 3.31. The van der Waals surface area contributed by atoms with Gasteiger partial charge in [-0.05, 0) is 49.2 Å². The van der Waals surface area contributed by atoms with Crippen LogP contribution in [0.2, 0.25) is 0 Å². The molecule has 2 aromatic carbocycles. The molecule has 0 saturated carbocycles. The van der Waals surface area contributed by atoms with Crippen LogP contribution in [-0.2, 0) is 4.74 Å². The number of fused-ring (bicyclic) bond motifs is 2. The van der Waals surface area contributed by atoms with Gasteiger partial charge in [-0.2, -0.15) is 0 Å². The molecule has 0 unspecified atom stereocenters. The molecular weight excluding hydrogens is 438 g/mol. The summed E-state index contributed by atoms with van der Waals surface area (Å²) in [5.41, 5.74) is 1.29. The van der Waals surface area contributed by atoms with Crippen molar-refractivity contribution in [2.24, 2.45) is 5.92 Å². The van der Waals surface area contributed by atoms with E-state index in [9.17, 15) is 9.59 Å². The number of carbonyl (C=O) groups excluding carboxylic acids is 2. The Balaban J connectivity index is 1.58. The fourth-order valence-electron chi connectivity index (χ4n) is 3.98. The normalized spacial score (nSPS) is 22.8. The van der Waals surface area contributed by atoms with Crippen LogP contribution in [0.4, 0.5) is 5.69 Å². The van der Waals surface area contributed by atoms with E-state index in [0.29, 0.717) is 47.2 Å². The molecule has 34 heavy (non-hydrogen) atoms. The Morgan fingerprint density at radius 3 is 2.65 bits per heavy atom.